The Balaban J connectivity index is 3.29. The summed E-state index contributed by atoms with van der Waals surface area (Å²) in [6.45, 7) is 3.46. The van der Waals surface area contributed by atoms with Crippen LogP contribution in [-0.2, 0) is 20.4 Å². The Morgan fingerprint density at radius 1 is 1.25 bits per heavy atom. The van der Waals surface area contributed by atoms with Gasteiger partial charge in [0, 0.05) is 0 Å². The van der Waals surface area contributed by atoms with E-state index in [0.717, 1.165) is 12.1 Å². The molecule has 1 unspecified atom stereocenters. The lowest BCUT2D eigenvalue weighted by molar-refractivity contribution is 0.503. The lowest BCUT2D eigenvalue weighted by atomic mass is 10.2. The van der Waals surface area contributed by atoms with Crippen molar-refractivity contribution in [3.05, 3.63) is 36.4 Å². The Kier molecular flexibility index (Phi) is 3.46. The Morgan fingerprint density at radius 3 is 2.12 bits per heavy atom. The van der Waals surface area contributed by atoms with E-state index < -0.39 is 20.4 Å². The Morgan fingerprint density at radius 2 is 1.75 bits per heavy atom. The molecule has 1 aromatic carbocycles. The molecule has 0 saturated heterocycles. The van der Waals surface area contributed by atoms with Crippen LogP contribution in [0, 0.1) is 0 Å². The highest BCUT2D eigenvalue weighted by Gasteiger charge is 2.16. The Bertz CT molecular complexity index is 604. The third kappa shape index (κ3) is 3.40. The summed E-state index contributed by atoms with van der Waals surface area (Å²) in [5.74, 6) is 0. The average molecular weight is 265 g/mol. The molecule has 0 bridgehead atoms. The van der Waals surface area contributed by atoms with Crippen LogP contribution in [-0.4, -0.2) is 17.2 Å². The second kappa shape index (κ2) is 4.32. The van der Waals surface area contributed by atoms with Crippen LogP contribution in [0.15, 0.2) is 39.5 Å². The van der Waals surface area contributed by atoms with Gasteiger partial charge < -0.3 is 0 Å². The minimum Gasteiger partial charge on any atom is -0.275 e. The molecule has 88 valence electrons. The van der Waals surface area contributed by atoms with Gasteiger partial charge in [0.2, 0.25) is 0 Å². The molecule has 0 aromatic heterocycles. The van der Waals surface area contributed by atoms with E-state index in [1.807, 2.05) is 0 Å². The van der Waals surface area contributed by atoms with Gasteiger partial charge in [-0.2, -0.15) is 12.6 Å². The summed E-state index contributed by atoms with van der Waals surface area (Å²) in [7, 11) is -9.63. The van der Waals surface area contributed by atoms with E-state index in [1.54, 1.807) is 0 Å². The molecule has 5 nitrogen and oxygen atoms in total. The molecule has 0 aliphatic heterocycles. The lowest BCUT2D eigenvalue weighted by Gasteiger charge is -1.98. The minimum absolute atomic E-state index is 0.363. The van der Waals surface area contributed by atoms with Gasteiger partial charge in [-0.1, -0.05) is 32.4 Å². The standard InChI is InChI=1S/C8H8FNO4S2/c1-2-7-3-5-8(6-4-7)15(11,12)10-16(9,13)14/h2-6H,1H2,(H,10,13,14). The van der Waals surface area contributed by atoms with E-state index in [2.05, 4.69) is 10.3 Å². The number of hydrogen-bond acceptors (Lipinski definition) is 3. The summed E-state index contributed by atoms with van der Waals surface area (Å²) in [5.41, 5.74) is 0.656. The van der Waals surface area contributed by atoms with E-state index in [-0.39, 0.29) is 4.90 Å². The summed E-state index contributed by atoms with van der Waals surface area (Å²) >= 11 is 0. The number of halogens is 1. The van der Waals surface area contributed by atoms with Gasteiger partial charge in [-0.3, -0.25) is 4.55 Å². The fraction of sp³-hybridized carbons (Fsp3) is 0. The van der Waals surface area contributed by atoms with Crippen molar-refractivity contribution < 1.29 is 21.1 Å². The first-order valence-electron chi connectivity index (χ1n) is 3.92. The van der Waals surface area contributed by atoms with Crippen LogP contribution in [0.25, 0.3) is 6.08 Å². The van der Waals surface area contributed by atoms with Crippen LogP contribution >= 0.6 is 0 Å². The SMILES string of the molecule is C=Cc1ccc(S(=O)(=O)N=S(=O)(O)F)cc1. The number of nitrogens with zero attached hydrogens (tertiary/aromatic N) is 1. The monoisotopic (exact) mass is 265 g/mol. The maximum atomic E-state index is 12.2. The van der Waals surface area contributed by atoms with Crippen molar-refractivity contribution in [1.82, 2.24) is 0 Å². The third-order valence-electron chi connectivity index (χ3n) is 1.60. The molecular weight excluding hydrogens is 257 g/mol. The summed E-state index contributed by atoms with van der Waals surface area (Å²) < 4.78 is 55.5. The van der Waals surface area contributed by atoms with Crippen LogP contribution in [0.1, 0.15) is 5.56 Å². The van der Waals surface area contributed by atoms with Crippen molar-refractivity contribution in [2.45, 2.75) is 4.90 Å². The number of rotatable bonds is 3. The molecule has 0 saturated carbocycles. The normalized spacial score (nSPS) is 15.1. The van der Waals surface area contributed by atoms with Crippen LogP contribution < -0.4 is 0 Å². The molecule has 1 atom stereocenters. The molecule has 0 fully saturated rings. The second-order valence-electron chi connectivity index (χ2n) is 2.75. The smallest absolute Gasteiger partial charge is 0.275 e. The number of benzene rings is 1. The molecule has 0 amide bonds. The van der Waals surface area contributed by atoms with Gasteiger partial charge in [0.15, 0.2) is 0 Å². The van der Waals surface area contributed by atoms with Crippen LogP contribution in [0.3, 0.4) is 0 Å². The van der Waals surface area contributed by atoms with Crippen molar-refractivity contribution in [2.24, 2.45) is 3.77 Å². The maximum Gasteiger partial charge on any atom is 0.342 e. The van der Waals surface area contributed by atoms with E-state index in [9.17, 15) is 16.5 Å². The molecule has 0 spiro atoms. The zero-order valence-corrected chi connectivity index (χ0v) is 9.54. The Labute approximate surface area is 93.0 Å². The van der Waals surface area contributed by atoms with Gasteiger partial charge in [-0.05, 0) is 17.7 Å². The van der Waals surface area contributed by atoms with Gasteiger partial charge in [0.25, 0.3) is 10.0 Å². The van der Waals surface area contributed by atoms with Crippen molar-refractivity contribution in [3.8, 4) is 0 Å². The fourth-order valence-corrected chi connectivity index (χ4v) is 2.73. The summed E-state index contributed by atoms with van der Waals surface area (Å²) in [5, 5.41) is 0. The predicted molar refractivity (Wildman–Crippen MR) is 58.0 cm³/mol. The lowest BCUT2D eigenvalue weighted by Crippen LogP contribution is -2.00. The third-order valence-corrected chi connectivity index (χ3v) is 3.99. The maximum absolute atomic E-state index is 12.2. The zero-order chi connectivity index (χ0) is 12.4. The zero-order valence-electron chi connectivity index (χ0n) is 7.91. The Hall–Kier alpha value is -1.25. The predicted octanol–water partition coefficient (Wildman–Crippen LogP) is 1.84. The largest absolute Gasteiger partial charge is 0.342 e. The topological polar surface area (TPSA) is 83.8 Å². The summed E-state index contributed by atoms with van der Waals surface area (Å²) in [6.07, 6.45) is 1.48. The average Bonchev–Trinajstić information content (AvgIpc) is 2.14. The molecule has 0 heterocycles. The van der Waals surface area contributed by atoms with Crippen molar-refractivity contribution in [2.75, 3.05) is 0 Å². The van der Waals surface area contributed by atoms with Crippen LogP contribution in [0.5, 0.6) is 0 Å². The van der Waals surface area contributed by atoms with E-state index in [0.29, 0.717) is 5.56 Å². The first-order chi connectivity index (χ1) is 7.24. The molecule has 16 heavy (non-hydrogen) atoms. The molecule has 0 aliphatic rings. The molecule has 1 rings (SSSR count). The van der Waals surface area contributed by atoms with Gasteiger partial charge >= 0.3 is 10.4 Å². The van der Waals surface area contributed by atoms with Crippen LogP contribution in [0.2, 0.25) is 0 Å². The molecule has 1 N–H and O–H groups in total. The first-order valence-corrected chi connectivity index (χ1v) is 6.74. The van der Waals surface area contributed by atoms with Gasteiger partial charge in [-0.25, -0.2) is 0 Å². The van der Waals surface area contributed by atoms with Gasteiger partial charge in [-0.15, -0.1) is 0 Å². The van der Waals surface area contributed by atoms with E-state index in [4.69, 9.17) is 4.55 Å². The minimum atomic E-state index is -5.18. The van der Waals surface area contributed by atoms with Crippen molar-refractivity contribution in [1.29, 1.82) is 0 Å². The highest BCUT2D eigenvalue weighted by molar-refractivity contribution is 7.98. The molecule has 8 heteroatoms. The van der Waals surface area contributed by atoms with Crippen molar-refractivity contribution >= 4 is 26.5 Å². The van der Waals surface area contributed by atoms with E-state index in [1.165, 1.54) is 18.2 Å². The van der Waals surface area contributed by atoms with Crippen molar-refractivity contribution in [3.63, 3.8) is 0 Å². The van der Waals surface area contributed by atoms with Gasteiger partial charge in [0.05, 0.1) is 4.90 Å². The molecule has 1 aromatic rings. The number of sulfonamides is 1. The fourth-order valence-electron chi connectivity index (χ4n) is 0.940. The quantitative estimate of drug-likeness (QED) is 0.845. The summed E-state index contributed by atoms with van der Waals surface area (Å²) in [6, 6.07) is 5.10. The molecule has 0 aliphatic carbocycles. The summed E-state index contributed by atoms with van der Waals surface area (Å²) in [4.78, 5) is -0.363. The first kappa shape index (κ1) is 12.8. The van der Waals surface area contributed by atoms with Gasteiger partial charge in [0.1, 0.15) is 0 Å². The molecular formula is C8H8FNO4S2. The second-order valence-corrected chi connectivity index (χ2v) is 5.64. The highest BCUT2D eigenvalue weighted by Crippen LogP contribution is 2.15. The number of hydrogen-bond donors (Lipinski definition) is 1. The highest BCUT2D eigenvalue weighted by atomic mass is 32.3. The molecule has 0 radical (unpaired) electrons. The van der Waals surface area contributed by atoms with Crippen LogP contribution in [0.4, 0.5) is 3.89 Å². The van der Waals surface area contributed by atoms with E-state index >= 15 is 0 Å².